The van der Waals surface area contributed by atoms with Crippen LogP contribution in [-0.4, -0.2) is 48.7 Å². The van der Waals surface area contributed by atoms with E-state index >= 15 is 0 Å². The summed E-state index contributed by atoms with van der Waals surface area (Å²) in [6.07, 6.45) is 1.48. The highest BCUT2D eigenvalue weighted by molar-refractivity contribution is 5.82. The third kappa shape index (κ3) is 3.83. The SMILES string of the molecule is CC(C)N1CCC[C@H](CNC(=O)[C@@H]2Oc3ccccc3O[C@H]2C)C1. The second-order valence-corrected chi connectivity index (χ2v) is 7.15. The van der Waals surface area contributed by atoms with Gasteiger partial charge in [0, 0.05) is 19.1 Å². The van der Waals surface area contributed by atoms with Gasteiger partial charge in [-0.25, -0.2) is 0 Å². The molecule has 0 aromatic heterocycles. The van der Waals surface area contributed by atoms with E-state index in [9.17, 15) is 4.79 Å². The lowest BCUT2D eigenvalue weighted by Gasteiger charge is -2.36. The maximum Gasteiger partial charge on any atom is 0.265 e. The van der Waals surface area contributed by atoms with Crippen molar-refractivity contribution in [2.75, 3.05) is 19.6 Å². The van der Waals surface area contributed by atoms with Crippen LogP contribution in [0.2, 0.25) is 0 Å². The van der Waals surface area contributed by atoms with E-state index in [2.05, 4.69) is 24.1 Å². The molecule has 1 fully saturated rings. The van der Waals surface area contributed by atoms with Gasteiger partial charge in [0.15, 0.2) is 11.5 Å². The summed E-state index contributed by atoms with van der Waals surface area (Å²) >= 11 is 0. The molecule has 3 rings (SSSR count). The Morgan fingerprint density at radius 2 is 2.00 bits per heavy atom. The molecule has 0 radical (unpaired) electrons. The van der Waals surface area contributed by atoms with E-state index in [1.54, 1.807) is 0 Å². The van der Waals surface area contributed by atoms with Crippen LogP contribution in [0.25, 0.3) is 0 Å². The number of nitrogens with one attached hydrogen (secondary N) is 1. The smallest absolute Gasteiger partial charge is 0.265 e. The first kappa shape index (κ1) is 17.1. The quantitative estimate of drug-likeness (QED) is 0.920. The predicted octanol–water partition coefficient (Wildman–Crippen LogP) is 2.45. The van der Waals surface area contributed by atoms with Crippen LogP contribution in [0.5, 0.6) is 11.5 Å². The van der Waals surface area contributed by atoms with Gasteiger partial charge in [-0.05, 0) is 58.2 Å². The van der Waals surface area contributed by atoms with Crippen molar-refractivity contribution in [2.24, 2.45) is 5.92 Å². The largest absolute Gasteiger partial charge is 0.482 e. The molecular weight excluding hydrogens is 304 g/mol. The van der Waals surface area contributed by atoms with Crippen molar-refractivity contribution in [3.05, 3.63) is 24.3 Å². The van der Waals surface area contributed by atoms with Crippen LogP contribution in [-0.2, 0) is 4.79 Å². The van der Waals surface area contributed by atoms with E-state index in [1.165, 1.54) is 12.8 Å². The summed E-state index contributed by atoms with van der Waals surface area (Å²) in [6.45, 7) is 9.26. The summed E-state index contributed by atoms with van der Waals surface area (Å²) in [6, 6.07) is 8.05. The molecule has 1 saturated heterocycles. The fraction of sp³-hybridized carbons (Fsp3) is 0.632. The molecule has 2 heterocycles. The van der Waals surface area contributed by atoms with Gasteiger partial charge in [0.25, 0.3) is 5.91 Å². The second-order valence-electron chi connectivity index (χ2n) is 7.15. The highest BCUT2D eigenvalue weighted by atomic mass is 16.6. The Labute approximate surface area is 144 Å². The number of nitrogens with zero attached hydrogens (tertiary/aromatic N) is 1. The lowest BCUT2D eigenvalue weighted by molar-refractivity contribution is -0.133. The molecule has 0 spiro atoms. The molecule has 0 saturated carbocycles. The highest BCUT2D eigenvalue weighted by Crippen LogP contribution is 2.33. The monoisotopic (exact) mass is 332 g/mol. The predicted molar refractivity (Wildman–Crippen MR) is 93.4 cm³/mol. The summed E-state index contributed by atoms with van der Waals surface area (Å²) in [4.78, 5) is 15.0. The first-order chi connectivity index (χ1) is 11.5. The fourth-order valence-electron chi connectivity index (χ4n) is 3.48. The van der Waals surface area contributed by atoms with Crippen LogP contribution in [0.1, 0.15) is 33.6 Å². The van der Waals surface area contributed by atoms with Gasteiger partial charge >= 0.3 is 0 Å². The zero-order valence-electron chi connectivity index (χ0n) is 14.8. The Bertz CT molecular complexity index is 575. The van der Waals surface area contributed by atoms with Crippen molar-refractivity contribution in [1.82, 2.24) is 10.2 Å². The Balaban J connectivity index is 1.54. The van der Waals surface area contributed by atoms with Crippen LogP contribution in [0, 0.1) is 5.92 Å². The van der Waals surface area contributed by atoms with Crippen molar-refractivity contribution in [3.8, 4) is 11.5 Å². The lowest BCUT2D eigenvalue weighted by Crippen LogP contribution is -2.51. The summed E-state index contributed by atoms with van der Waals surface area (Å²) < 4.78 is 11.7. The number of carbonyl (C=O) groups excluding carboxylic acids is 1. The number of para-hydroxylation sites is 2. The normalized spacial score (nSPS) is 27.1. The Hall–Kier alpha value is -1.75. The summed E-state index contributed by atoms with van der Waals surface area (Å²) in [5.74, 6) is 1.77. The first-order valence-electron chi connectivity index (χ1n) is 8.98. The molecule has 2 aliphatic heterocycles. The minimum atomic E-state index is -0.593. The Morgan fingerprint density at radius 1 is 1.29 bits per heavy atom. The van der Waals surface area contributed by atoms with Crippen molar-refractivity contribution >= 4 is 5.91 Å². The van der Waals surface area contributed by atoms with Gasteiger partial charge in [-0.15, -0.1) is 0 Å². The van der Waals surface area contributed by atoms with Gasteiger partial charge in [0.2, 0.25) is 6.10 Å². The van der Waals surface area contributed by atoms with Gasteiger partial charge in [0.1, 0.15) is 6.10 Å². The van der Waals surface area contributed by atoms with Gasteiger partial charge in [-0.1, -0.05) is 12.1 Å². The number of piperidine rings is 1. The number of rotatable bonds is 4. The maximum absolute atomic E-state index is 12.5. The van der Waals surface area contributed by atoms with E-state index in [0.717, 1.165) is 13.1 Å². The molecule has 132 valence electrons. The van der Waals surface area contributed by atoms with E-state index < -0.39 is 6.10 Å². The Kier molecular flexibility index (Phi) is 5.29. The van der Waals surface area contributed by atoms with Crippen LogP contribution in [0.15, 0.2) is 24.3 Å². The number of carbonyl (C=O) groups is 1. The molecule has 0 aliphatic carbocycles. The molecule has 1 amide bonds. The average Bonchev–Trinajstić information content (AvgIpc) is 2.59. The zero-order chi connectivity index (χ0) is 17.1. The molecule has 0 unspecified atom stereocenters. The van der Waals surface area contributed by atoms with Gasteiger partial charge in [-0.3, -0.25) is 4.79 Å². The van der Waals surface area contributed by atoms with Crippen molar-refractivity contribution in [1.29, 1.82) is 0 Å². The van der Waals surface area contributed by atoms with Gasteiger partial charge < -0.3 is 19.7 Å². The first-order valence-corrected chi connectivity index (χ1v) is 8.98. The van der Waals surface area contributed by atoms with E-state index in [4.69, 9.17) is 9.47 Å². The average molecular weight is 332 g/mol. The summed E-state index contributed by atoms with van der Waals surface area (Å²) in [5.41, 5.74) is 0. The van der Waals surface area contributed by atoms with Crippen molar-refractivity contribution in [3.63, 3.8) is 0 Å². The molecule has 24 heavy (non-hydrogen) atoms. The molecule has 2 aliphatic rings. The molecule has 0 bridgehead atoms. The van der Waals surface area contributed by atoms with E-state index in [-0.39, 0.29) is 12.0 Å². The number of ether oxygens (including phenoxy) is 2. The summed E-state index contributed by atoms with van der Waals surface area (Å²) in [5, 5.41) is 3.07. The molecule has 5 nitrogen and oxygen atoms in total. The number of benzene rings is 1. The fourth-order valence-corrected chi connectivity index (χ4v) is 3.48. The molecule has 1 N–H and O–H groups in total. The zero-order valence-corrected chi connectivity index (χ0v) is 14.8. The third-order valence-electron chi connectivity index (χ3n) is 4.95. The third-order valence-corrected chi connectivity index (χ3v) is 4.95. The molecular formula is C19H28N2O3. The standard InChI is InChI=1S/C19H28N2O3/c1-13(2)21-10-6-7-15(12-21)11-20-19(22)18-14(3)23-16-8-4-5-9-17(16)24-18/h4-5,8-9,13-15,18H,6-7,10-12H2,1-3H3,(H,20,22)/t14-,15+,18+/m0/s1. The van der Waals surface area contributed by atoms with E-state index in [1.807, 2.05) is 31.2 Å². The number of likely N-dealkylation sites (tertiary alicyclic amines) is 1. The molecule has 1 aromatic rings. The second kappa shape index (κ2) is 7.43. The van der Waals surface area contributed by atoms with Gasteiger partial charge in [0.05, 0.1) is 0 Å². The van der Waals surface area contributed by atoms with Crippen molar-refractivity contribution in [2.45, 2.75) is 51.9 Å². The van der Waals surface area contributed by atoms with Crippen molar-refractivity contribution < 1.29 is 14.3 Å². The van der Waals surface area contributed by atoms with Crippen LogP contribution >= 0.6 is 0 Å². The van der Waals surface area contributed by atoms with Gasteiger partial charge in [-0.2, -0.15) is 0 Å². The van der Waals surface area contributed by atoms with Crippen LogP contribution in [0.3, 0.4) is 0 Å². The summed E-state index contributed by atoms with van der Waals surface area (Å²) in [7, 11) is 0. The highest BCUT2D eigenvalue weighted by Gasteiger charge is 2.34. The molecule has 3 atom stereocenters. The van der Waals surface area contributed by atoms with Crippen LogP contribution in [0.4, 0.5) is 0 Å². The minimum Gasteiger partial charge on any atom is -0.482 e. The topological polar surface area (TPSA) is 50.8 Å². The van der Waals surface area contributed by atoms with E-state index in [0.29, 0.717) is 30.0 Å². The number of fused-ring (bicyclic) bond motifs is 1. The number of amides is 1. The van der Waals surface area contributed by atoms with Crippen LogP contribution < -0.4 is 14.8 Å². The Morgan fingerprint density at radius 3 is 2.71 bits per heavy atom. The maximum atomic E-state index is 12.5. The number of hydrogen-bond donors (Lipinski definition) is 1. The minimum absolute atomic E-state index is 0.0846. The molecule has 5 heteroatoms. The lowest BCUT2D eigenvalue weighted by atomic mass is 9.97. The number of hydrogen-bond acceptors (Lipinski definition) is 4. The molecule has 1 aromatic carbocycles.